The van der Waals surface area contributed by atoms with Crippen molar-refractivity contribution < 1.29 is 4.39 Å². The topological polar surface area (TPSA) is 29.9 Å². The molecule has 0 spiro atoms. The van der Waals surface area contributed by atoms with E-state index < -0.39 is 0 Å². The van der Waals surface area contributed by atoms with Gasteiger partial charge >= 0.3 is 0 Å². The molecule has 0 fully saturated rings. The lowest BCUT2D eigenvalue weighted by molar-refractivity contribution is 0.594. The van der Waals surface area contributed by atoms with Crippen molar-refractivity contribution in [1.82, 2.24) is 14.9 Å². The molecule has 1 aromatic carbocycles. The van der Waals surface area contributed by atoms with Crippen LogP contribution in [-0.2, 0) is 7.05 Å². The maximum atomic E-state index is 13.3. The summed E-state index contributed by atoms with van der Waals surface area (Å²) in [7, 11) is 3.75. The quantitative estimate of drug-likeness (QED) is 0.944. The Balaban J connectivity index is 2.49. The molecule has 1 unspecified atom stereocenters. The van der Waals surface area contributed by atoms with E-state index in [9.17, 15) is 4.39 Å². The maximum absolute atomic E-state index is 13.3. The zero-order valence-electron chi connectivity index (χ0n) is 9.61. The van der Waals surface area contributed by atoms with Gasteiger partial charge in [-0.15, -0.1) is 0 Å². The second kappa shape index (κ2) is 4.98. The first-order valence-corrected chi connectivity index (χ1v) is 6.02. The van der Waals surface area contributed by atoms with Gasteiger partial charge in [0.2, 0.25) is 0 Å². The van der Waals surface area contributed by atoms with Crippen LogP contribution in [-0.4, -0.2) is 16.6 Å². The number of nitrogens with zero attached hydrogens (tertiary/aromatic N) is 2. The third-order valence-electron chi connectivity index (χ3n) is 2.67. The summed E-state index contributed by atoms with van der Waals surface area (Å²) in [5.74, 6) is 0.594. The fourth-order valence-corrected chi connectivity index (χ4v) is 2.29. The Morgan fingerprint density at radius 2 is 2.24 bits per heavy atom. The highest BCUT2D eigenvalue weighted by Gasteiger charge is 2.19. The van der Waals surface area contributed by atoms with Crippen LogP contribution in [0.2, 0.25) is 0 Å². The van der Waals surface area contributed by atoms with Gasteiger partial charge in [0.25, 0.3) is 0 Å². The first kappa shape index (κ1) is 12.3. The van der Waals surface area contributed by atoms with Crippen molar-refractivity contribution in [2.24, 2.45) is 7.05 Å². The van der Waals surface area contributed by atoms with E-state index in [4.69, 9.17) is 0 Å². The maximum Gasteiger partial charge on any atom is 0.130 e. The fourth-order valence-electron chi connectivity index (χ4n) is 1.81. The van der Waals surface area contributed by atoms with Crippen molar-refractivity contribution in [1.29, 1.82) is 0 Å². The molecule has 1 heterocycles. The molecule has 0 radical (unpaired) electrons. The summed E-state index contributed by atoms with van der Waals surface area (Å²) in [4.78, 5) is 4.29. The molecule has 0 saturated carbocycles. The lowest BCUT2D eigenvalue weighted by atomic mass is 10.1. The van der Waals surface area contributed by atoms with Crippen molar-refractivity contribution in [2.45, 2.75) is 6.04 Å². The molecule has 0 aliphatic heterocycles. The van der Waals surface area contributed by atoms with Crippen molar-refractivity contribution in [3.05, 3.63) is 52.3 Å². The van der Waals surface area contributed by atoms with E-state index in [-0.39, 0.29) is 11.9 Å². The summed E-state index contributed by atoms with van der Waals surface area (Å²) in [6, 6.07) is 4.51. The molecule has 0 amide bonds. The van der Waals surface area contributed by atoms with Gasteiger partial charge < -0.3 is 9.88 Å². The monoisotopic (exact) mass is 297 g/mol. The minimum atomic E-state index is -0.252. The van der Waals surface area contributed by atoms with Crippen LogP contribution in [0.15, 0.2) is 35.1 Å². The third kappa shape index (κ3) is 2.40. The molecule has 0 bridgehead atoms. The second-order valence-corrected chi connectivity index (χ2v) is 4.64. The average molecular weight is 298 g/mol. The molecule has 0 saturated heterocycles. The standard InChI is InChI=1S/C12H13BrFN3/c1-15-11(12-16-5-6-17(12)2)9-7-8(14)3-4-10(9)13/h3-7,11,15H,1-2H3. The highest BCUT2D eigenvalue weighted by Crippen LogP contribution is 2.28. The molecule has 5 heteroatoms. The molecular formula is C12H13BrFN3. The Kier molecular flexibility index (Phi) is 3.59. The molecule has 1 aromatic heterocycles. The predicted molar refractivity (Wildman–Crippen MR) is 68.2 cm³/mol. The zero-order chi connectivity index (χ0) is 12.4. The molecule has 2 rings (SSSR count). The number of hydrogen-bond donors (Lipinski definition) is 1. The minimum absolute atomic E-state index is 0.139. The van der Waals surface area contributed by atoms with E-state index >= 15 is 0 Å². The molecule has 90 valence electrons. The third-order valence-corrected chi connectivity index (χ3v) is 3.40. The van der Waals surface area contributed by atoms with E-state index in [1.165, 1.54) is 12.1 Å². The highest BCUT2D eigenvalue weighted by molar-refractivity contribution is 9.10. The Morgan fingerprint density at radius 3 is 2.82 bits per heavy atom. The smallest absolute Gasteiger partial charge is 0.130 e. The van der Waals surface area contributed by atoms with E-state index in [0.717, 1.165) is 15.9 Å². The van der Waals surface area contributed by atoms with Gasteiger partial charge in [-0.3, -0.25) is 0 Å². The summed E-state index contributed by atoms with van der Waals surface area (Å²) < 4.78 is 16.1. The van der Waals surface area contributed by atoms with Crippen molar-refractivity contribution >= 4 is 15.9 Å². The number of nitrogens with one attached hydrogen (secondary N) is 1. The van der Waals surface area contributed by atoms with E-state index in [2.05, 4.69) is 26.2 Å². The summed E-state index contributed by atoms with van der Waals surface area (Å²) in [5, 5.41) is 3.15. The molecule has 17 heavy (non-hydrogen) atoms. The molecule has 3 nitrogen and oxygen atoms in total. The van der Waals surface area contributed by atoms with Crippen LogP contribution in [0.3, 0.4) is 0 Å². The van der Waals surface area contributed by atoms with Crippen molar-refractivity contribution in [3.8, 4) is 0 Å². The summed E-state index contributed by atoms with van der Waals surface area (Å²) in [6.07, 6.45) is 3.60. The van der Waals surface area contributed by atoms with E-state index in [1.54, 1.807) is 12.3 Å². The van der Waals surface area contributed by atoms with Gasteiger partial charge in [-0.25, -0.2) is 9.37 Å². The normalized spacial score (nSPS) is 12.7. The number of aromatic nitrogens is 2. The Morgan fingerprint density at radius 1 is 1.47 bits per heavy atom. The van der Waals surface area contributed by atoms with Crippen LogP contribution in [0.1, 0.15) is 17.4 Å². The molecule has 1 N–H and O–H groups in total. The van der Waals surface area contributed by atoms with Crippen LogP contribution < -0.4 is 5.32 Å². The predicted octanol–water partition coefficient (Wildman–Crippen LogP) is 2.63. The van der Waals surface area contributed by atoms with Gasteiger partial charge in [-0.1, -0.05) is 15.9 Å². The molecule has 1 atom stereocenters. The first-order chi connectivity index (χ1) is 8.13. The minimum Gasteiger partial charge on any atom is -0.336 e. The fraction of sp³-hybridized carbons (Fsp3) is 0.250. The second-order valence-electron chi connectivity index (χ2n) is 3.78. The van der Waals surface area contributed by atoms with Gasteiger partial charge in [0, 0.05) is 23.9 Å². The SMILES string of the molecule is CNC(c1cc(F)ccc1Br)c1nccn1C. The van der Waals surface area contributed by atoms with Crippen LogP contribution in [0.4, 0.5) is 4.39 Å². The van der Waals surface area contributed by atoms with Crippen LogP contribution in [0.5, 0.6) is 0 Å². The Labute approximate surface area is 108 Å². The van der Waals surface area contributed by atoms with E-state index in [0.29, 0.717) is 0 Å². The number of aryl methyl sites for hydroxylation is 1. The largest absolute Gasteiger partial charge is 0.336 e. The number of hydrogen-bond acceptors (Lipinski definition) is 2. The van der Waals surface area contributed by atoms with Gasteiger partial charge in [-0.2, -0.15) is 0 Å². The van der Waals surface area contributed by atoms with Crippen molar-refractivity contribution in [2.75, 3.05) is 7.05 Å². The lowest BCUT2D eigenvalue weighted by Crippen LogP contribution is -2.21. The number of imidazole rings is 1. The van der Waals surface area contributed by atoms with Crippen LogP contribution >= 0.6 is 15.9 Å². The van der Waals surface area contributed by atoms with E-state index in [1.807, 2.05) is 24.9 Å². The van der Waals surface area contributed by atoms with Crippen LogP contribution in [0, 0.1) is 5.82 Å². The summed E-state index contributed by atoms with van der Waals surface area (Å²) in [6.45, 7) is 0. The van der Waals surface area contributed by atoms with Gasteiger partial charge in [0.1, 0.15) is 11.6 Å². The van der Waals surface area contributed by atoms with Crippen molar-refractivity contribution in [3.63, 3.8) is 0 Å². The molecule has 0 aliphatic carbocycles. The van der Waals surface area contributed by atoms with Crippen LogP contribution in [0.25, 0.3) is 0 Å². The number of halogens is 2. The molecule has 0 aliphatic rings. The summed E-state index contributed by atoms with van der Waals surface area (Å²) >= 11 is 3.44. The number of benzene rings is 1. The molecule has 2 aromatic rings. The highest BCUT2D eigenvalue weighted by atomic mass is 79.9. The van der Waals surface area contributed by atoms with Gasteiger partial charge in [0.05, 0.1) is 6.04 Å². The average Bonchev–Trinajstić information content (AvgIpc) is 2.71. The summed E-state index contributed by atoms with van der Waals surface area (Å²) in [5.41, 5.74) is 0.835. The lowest BCUT2D eigenvalue weighted by Gasteiger charge is -2.18. The molecular weight excluding hydrogens is 285 g/mol. The van der Waals surface area contributed by atoms with Gasteiger partial charge in [-0.05, 0) is 30.8 Å². The Bertz CT molecular complexity index is 524. The van der Waals surface area contributed by atoms with Gasteiger partial charge in [0.15, 0.2) is 0 Å². The zero-order valence-corrected chi connectivity index (χ0v) is 11.2. The Hall–Kier alpha value is -1.20. The number of rotatable bonds is 3. The first-order valence-electron chi connectivity index (χ1n) is 5.23.